The zero-order chi connectivity index (χ0) is 7.98. The summed E-state index contributed by atoms with van der Waals surface area (Å²) in [6.45, 7) is 5.17. The standard InChI is InChI=1S/C6H9O3P/c1-5(2)6(7)9-3-4-10-8/h1,3-4H2,2H3/p+1. The second-order valence-electron chi connectivity index (χ2n) is 1.81. The van der Waals surface area contributed by atoms with Crippen molar-refractivity contribution in [2.45, 2.75) is 6.92 Å². The van der Waals surface area contributed by atoms with E-state index in [4.69, 9.17) is 0 Å². The molecule has 0 saturated carbocycles. The van der Waals surface area contributed by atoms with E-state index in [2.05, 4.69) is 11.3 Å². The molecular weight excluding hydrogens is 151 g/mol. The molecule has 0 aliphatic heterocycles. The van der Waals surface area contributed by atoms with Gasteiger partial charge in [-0.2, -0.15) is 0 Å². The van der Waals surface area contributed by atoms with Crippen LogP contribution in [0.3, 0.4) is 0 Å². The van der Waals surface area contributed by atoms with Gasteiger partial charge >= 0.3 is 14.4 Å². The molecule has 0 saturated heterocycles. The smallest absolute Gasteiger partial charge is 0.333 e. The second-order valence-corrected chi connectivity index (χ2v) is 2.60. The molecule has 0 amide bonds. The lowest BCUT2D eigenvalue weighted by atomic mass is 10.4. The van der Waals surface area contributed by atoms with Gasteiger partial charge in [-0.1, -0.05) is 11.1 Å². The Bertz CT molecular complexity index is 153. The van der Waals surface area contributed by atoms with Crippen LogP contribution in [-0.4, -0.2) is 18.7 Å². The van der Waals surface area contributed by atoms with E-state index in [1.807, 2.05) is 0 Å². The maximum absolute atomic E-state index is 10.6. The Morgan fingerprint density at radius 2 is 2.30 bits per heavy atom. The predicted molar refractivity (Wildman–Crippen MR) is 39.6 cm³/mol. The zero-order valence-electron chi connectivity index (χ0n) is 5.85. The third kappa shape index (κ3) is 4.21. The number of esters is 1. The number of rotatable bonds is 4. The quantitative estimate of drug-likeness (QED) is 0.268. The van der Waals surface area contributed by atoms with E-state index < -0.39 is 14.4 Å². The van der Waals surface area contributed by atoms with E-state index in [1.54, 1.807) is 6.92 Å². The molecule has 0 bridgehead atoms. The lowest BCUT2D eigenvalue weighted by molar-refractivity contribution is -0.138. The Morgan fingerprint density at radius 1 is 1.70 bits per heavy atom. The van der Waals surface area contributed by atoms with Gasteiger partial charge in [0.2, 0.25) is 0 Å². The monoisotopic (exact) mass is 161 g/mol. The van der Waals surface area contributed by atoms with E-state index in [0.29, 0.717) is 11.7 Å². The van der Waals surface area contributed by atoms with Crippen LogP contribution in [0.25, 0.3) is 0 Å². The Balaban J connectivity index is 3.40. The van der Waals surface area contributed by atoms with Crippen LogP contribution < -0.4 is 0 Å². The van der Waals surface area contributed by atoms with Gasteiger partial charge in [-0.3, -0.25) is 0 Å². The van der Waals surface area contributed by atoms with Gasteiger partial charge in [0.15, 0.2) is 6.16 Å². The highest BCUT2D eigenvalue weighted by Gasteiger charge is 2.02. The second kappa shape index (κ2) is 5.12. The molecule has 10 heavy (non-hydrogen) atoms. The first kappa shape index (κ1) is 9.31. The first-order valence-electron chi connectivity index (χ1n) is 2.86. The molecule has 1 unspecified atom stereocenters. The van der Waals surface area contributed by atoms with Crippen molar-refractivity contribution in [2.75, 3.05) is 12.8 Å². The van der Waals surface area contributed by atoms with E-state index >= 15 is 0 Å². The molecule has 3 nitrogen and oxygen atoms in total. The molecule has 0 rings (SSSR count). The molecule has 0 fully saturated rings. The zero-order valence-corrected chi connectivity index (χ0v) is 6.85. The van der Waals surface area contributed by atoms with E-state index in [9.17, 15) is 9.36 Å². The van der Waals surface area contributed by atoms with Gasteiger partial charge in [-0.15, -0.1) is 0 Å². The first-order chi connectivity index (χ1) is 4.68. The van der Waals surface area contributed by atoms with Crippen LogP contribution in [0.4, 0.5) is 0 Å². The minimum Gasteiger partial charge on any atom is -0.458 e. The highest BCUT2D eigenvalue weighted by atomic mass is 31.1. The fraction of sp³-hybridized carbons (Fsp3) is 0.500. The number of carbonyl (C=O) groups excluding carboxylic acids is 1. The molecule has 0 N–H and O–H groups in total. The lowest BCUT2D eigenvalue weighted by Gasteiger charge is -1.97. The Hall–Kier alpha value is -0.690. The Morgan fingerprint density at radius 3 is 2.70 bits per heavy atom. The van der Waals surface area contributed by atoms with Crippen molar-refractivity contribution in [2.24, 2.45) is 0 Å². The molecule has 0 aliphatic carbocycles. The highest BCUT2D eigenvalue weighted by Crippen LogP contribution is 1.94. The van der Waals surface area contributed by atoms with Gasteiger partial charge in [-0.05, 0) is 6.92 Å². The van der Waals surface area contributed by atoms with Crippen molar-refractivity contribution >= 4 is 14.4 Å². The molecule has 0 heterocycles. The molecule has 0 aromatic heterocycles. The van der Waals surface area contributed by atoms with E-state index in [1.165, 1.54) is 0 Å². The summed E-state index contributed by atoms with van der Waals surface area (Å²) >= 11 is 0. The predicted octanol–water partition coefficient (Wildman–Crippen LogP) is 1.13. The van der Waals surface area contributed by atoms with E-state index in [-0.39, 0.29) is 6.61 Å². The fourth-order valence-electron chi connectivity index (χ4n) is 0.309. The van der Waals surface area contributed by atoms with Crippen molar-refractivity contribution in [3.05, 3.63) is 12.2 Å². The van der Waals surface area contributed by atoms with Gasteiger partial charge < -0.3 is 4.74 Å². The molecule has 1 atom stereocenters. The molecule has 4 heteroatoms. The number of ether oxygens (including phenoxy) is 1. The molecule has 0 spiro atoms. The minimum atomic E-state index is -0.418. The summed E-state index contributed by atoms with van der Waals surface area (Å²) in [7, 11) is -0.406. The summed E-state index contributed by atoms with van der Waals surface area (Å²) in [6.07, 6.45) is 0.402. The molecule has 0 aliphatic rings. The highest BCUT2D eigenvalue weighted by molar-refractivity contribution is 7.23. The third-order valence-corrected chi connectivity index (χ3v) is 1.19. The van der Waals surface area contributed by atoms with Crippen LogP contribution in [0.2, 0.25) is 0 Å². The van der Waals surface area contributed by atoms with Gasteiger partial charge in [-0.25, -0.2) is 4.79 Å². The maximum Gasteiger partial charge on any atom is 0.333 e. The molecular formula is C6H10O3P+. The van der Waals surface area contributed by atoms with Crippen molar-refractivity contribution in [3.63, 3.8) is 0 Å². The number of hydrogen-bond donors (Lipinski definition) is 0. The molecule has 0 radical (unpaired) electrons. The van der Waals surface area contributed by atoms with E-state index in [0.717, 1.165) is 0 Å². The van der Waals surface area contributed by atoms with Gasteiger partial charge in [0.1, 0.15) is 6.61 Å². The Labute approximate surface area is 61.3 Å². The molecule has 0 aromatic carbocycles. The number of carbonyl (C=O) groups is 1. The van der Waals surface area contributed by atoms with Crippen molar-refractivity contribution in [1.29, 1.82) is 0 Å². The van der Waals surface area contributed by atoms with Crippen LogP contribution in [-0.2, 0) is 14.1 Å². The summed E-state index contributed by atoms with van der Waals surface area (Å²) in [5.41, 5.74) is 0.370. The third-order valence-electron chi connectivity index (χ3n) is 0.786. The molecule has 56 valence electrons. The van der Waals surface area contributed by atoms with Crippen LogP contribution >= 0.6 is 8.46 Å². The van der Waals surface area contributed by atoms with Crippen molar-refractivity contribution in [1.82, 2.24) is 0 Å². The number of hydrogen-bond acceptors (Lipinski definition) is 3. The lowest BCUT2D eigenvalue weighted by Crippen LogP contribution is -2.06. The fourth-order valence-corrected chi connectivity index (χ4v) is 0.494. The van der Waals surface area contributed by atoms with Crippen molar-refractivity contribution in [3.8, 4) is 0 Å². The average molecular weight is 161 g/mol. The summed E-state index contributed by atoms with van der Waals surface area (Å²) in [4.78, 5) is 10.6. The van der Waals surface area contributed by atoms with Crippen molar-refractivity contribution < 1.29 is 14.1 Å². The Kier molecular flexibility index (Phi) is 4.77. The SMILES string of the molecule is C=C(C)C(=O)OCC[PH+]=O. The summed E-state index contributed by atoms with van der Waals surface area (Å²) in [5, 5.41) is 0. The first-order valence-corrected chi connectivity index (χ1v) is 3.97. The topological polar surface area (TPSA) is 43.4 Å². The van der Waals surface area contributed by atoms with Crippen LogP contribution in [0.15, 0.2) is 12.2 Å². The van der Waals surface area contributed by atoms with Gasteiger partial charge in [0.25, 0.3) is 0 Å². The van der Waals surface area contributed by atoms with Gasteiger partial charge in [0.05, 0.1) is 0 Å². The average Bonchev–Trinajstić information content (AvgIpc) is 1.88. The summed E-state index contributed by atoms with van der Waals surface area (Å²) < 4.78 is 14.5. The van der Waals surface area contributed by atoms with Crippen LogP contribution in [0.1, 0.15) is 6.92 Å². The van der Waals surface area contributed by atoms with Gasteiger partial charge in [0, 0.05) is 5.57 Å². The van der Waals surface area contributed by atoms with Crippen LogP contribution in [0, 0.1) is 0 Å². The van der Waals surface area contributed by atoms with Crippen LogP contribution in [0.5, 0.6) is 0 Å². The summed E-state index contributed by atoms with van der Waals surface area (Å²) in [5.74, 6) is -0.418. The molecule has 0 aromatic rings. The summed E-state index contributed by atoms with van der Waals surface area (Å²) in [6, 6.07) is 0. The largest absolute Gasteiger partial charge is 0.458 e. The maximum atomic E-state index is 10.6. The normalized spacial score (nSPS) is 9.30. The minimum absolute atomic E-state index is 0.216.